The van der Waals surface area contributed by atoms with Crippen molar-refractivity contribution in [2.45, 2.75) is 46.1 Å². The second-order valence-corrected chi connectivity index (χ2v) is 8.13. The van der Waals surface area contributed by atoms with Crippen molar-refractivity contribution < 1.29 is 22.0 Å². The maximum absolute atomic E-state index is 13.6. The molecule has 1 aromatic carbocycles. The third-order valence-electron chi connectivity index (χ3n) is 5.42. The van der Waals surface area contributed by atoms with Gasteiger partial charge >= 0.3 is 0 Å². The number of aromatic nitrogens is 6. The Morgan fingerprint density at radius 2 is 1.74 bits per heavy atom. The van der Waals surface area contributed by atoms with Gasteiger partial charge in [-0.1, -0.05) is 18.5 Å². The van der Waals surface area contributed by atoms with Gasteiger partial charge in [-0.15, -0.1) is 0 Å². The van der Waals surface area contributed by atoms with E-state index < -0.39 is 30.9 Å². The summed E-state index contributed by atoms with van der Waals surface area (Å²) < 4.78 is 69.4. The van der Waals surface area contributed by atoms with Crippen molar-refractivity contribution in [2.24, 2.45) is 0 Å². The molecular formula is C23H20ClF5N6. The lowest BCUT2D eigenvalue weighted by Crippen LogP contribution is -2.10. The molecule has 0 radical (unpaired) electrons. The SMILES string of the molecule is CCc1c(Cc2cc(-n3nc(C)c(Cl)c3C(F)F)ncn2)nn(CC(F)F)c1-c1ccc(F)cc1. The largest absolute Gasteiger partial charge is 0.282 e. The van der Waals surface area contributed by atoms with Gasteiger partial charge in [0.15, 0.2) is 5.82 Å². The van der Waals surface area contributed by atoms with Gasteiger partial charge in [-0.3, -0.25) is 4.68 Å². The molecule has 0 atom stereocenters. The molecule has 0 saturated carbocycles. The van der Waals surface area contributed by atoms with Gasteiger partial charge in [0.2, 0.25) is 0 Å². The summed E-state index contributed by atoms with van der Waals surface area (Å²) in [6.07, 6.45) is -3.74. The Balaban J connectivity index is 1.76. The van der Waals surface area contributed by atoms with E-state index in [1.807, 2.05) is 6.92 Å². The minimum absolute atomic E-state index is 0.0871. The topological polar surface area (TPSA) is 61.4 Å². The van der Waals surface area contributed by atoms with Gasteiger partial charge in [-0.25, -0.2) is 36.6 Å². The van der Waals surface area contributed by atoms with Crippen molar-refractivity contribution in [3.8, 4) is 17.1 Å². The van der Waals surface area contributed by atoms with Gasteiger partial charge in [0, 0.05) is 23.6 Å². The number of hydrogen-bond donors (Lipinski definition) is 0. The Morgan fingerprint density at radius 1 is 1.03 bits per heavy atom. The predicted molar refractivity (Wildman–Crippen MR) is 120 cm³/mol. The number of hydrogen-bond acceptors (Lipinski definition) is 4. The average Bonchev–Trinajstić information content (AvgIpc) is 3.30. The fraction of sp³-hybridized carbons (Fsp3) is 0.304. The van der Waals surface area contributed by atoms with E-state index in [1.54, 1.807) is 0 Å². The monoisotopic (exact) mass is 510 g/mol. The molecule has 4 aromatic rings. The lowest BCUT2D eigenvalue weighted by Gasteiger charge is -2.09. The van der Waals surface area contributed by atoms with E-state index in [1.165, 1.54) is 48.3 Å². The molecule has 35 heavy (non-hydrogen) atoms. The van der Waals surface area contributed by atoms with Crippen LogP contribution in [0.4, 0.5) is 22.0 Å². The minimum atomic E-state index is -2.88. The number of halogens is 6. The van der Waals surface area contributed by atoms with E-state index in [9.17, 15) is 22.0 Å². The molecule has 0 bridgehead atoms. The van der Waals surface area contributed by atoms with E-state index in [2.05, 4.69) is 20.2 Å². The quantitative estimate of drug-likeness (QED) is 0.273. The van der Waals surface area contributed by atoms with Crippen molar-refractivity contribution in [1.29, 1.82) is 0 Å². The zero-order valence-electron chi connectivity index (χ0n) is 18.7. The molecule has 0 N–H and O–H groups in total. The fourth-order valence-electron chi connectivity index (χ4n) is 3.91. The van der Waals surface area contributed by atoms with Crippen LogP contribution >= 0.6 is 11.6 Å². The molecule has 0 spiro atoms. The molecule has 0 aliphatic carbocycles. The Morgan fingerprint density at radius 3 is 2.37 bits per heavy atom. The van der Waals surface area contributed by atoms with Crippen LogP contribution in [-0.2, 0) is 19.4 Å². The van der Waals surface area contributed by atoms with Crippen molar-refractivity contribution in [2.75, 3.05) is 0 Å². The van der Waals surface area contributed by atoms with Gasteiger partial charge in [0.25, 0.3) is 12.9 Å². The van der Waals surface area contributed by atoms with Crippen LogP contribution in [0.15, 0.2) is 36.7 Å². The third kappa shape index (κ3) is 5.04. The van der Waals surface area contributed by atoms with Crippen molar-refractivity contribution in [3.63, 3.8) is 0 Å². The van der Waals surface area contributed by atoms with E-state index >= 15 is 0 Å². The minimum Gasteiger partial charge on any atom is -0.259 e. The Hall–Kier alpha value is -3.34. The molecule has 184 valence electrons. The zero-order valence-corrected chi connectivity index (χ0v) is 19.4. The second-order valence-electron chi connectivity index (χ2n) is 7.75. The van der Waals surface area contributed by atoms with Gasteiger partial charge in [-0.2, -0.15) is 10.2 Å². The summed E-state index contributed by atoms with van der Waals surface area (Å²) in [5, 5.41) is 8.31. The molecule has 12 heteroatoms. The van der Waals surface area contributed by atoms with Crippen LogP contribution in [0.1, 0.15) is 41.7 Å². The van der Waals surface area contributed by atoms with Crippen LogP contribution < -0.4 is 0 Å². The first-order valence-electron chi connectivity index (χ1n) is 10.7. The van der Waals surface area contributed by atoms with E-state index in [0.717, 1.165) is 4.68 Å². The highest BCUT2D eigenvalue weighted by molar-refractivity contribution is 6.31. The first-order valence-corrected chi connectivity index (χ1v) is 11.0. The lowest BCUT2D eigenvalue weighted by molar-refractivity contribution is 0.122. The van der Waals surface area contributed by atoms with E-state index in [0.29, 0.717) is 34.6 Å². The van der Waals surface area contributed by atoms with Crippen LogP contribution in [0.5, 0.6) is 0 Å². The summed E-state index contributed by atoms with van der Waals surface area (Å²) in [6.45, 7) is 2.72. The predicted octanol–water partition coefficient (Wildman–Crippen LogP) is 5.98. The summed E-state index contributed by atoms with van der Waals surface area (Å²) in [5.74, 6) is -0.360. The third-order valence-corrected chi connectivity index (χ3v) is 5.89. The molecule has 3 aromatic heterocycles. The van der Waals surface area contributed by atoms with Crippen LogP contribution in [-0.4, -0.2) is 36.0 Å². The fourth-order valence-corrected chi connectivity index (χ4v) is 4.12. The first-order chi connectivity index (χ1) is 16.7. The van der Waals surface area contributed by atoms with Crippen LogP contribution in [0.2, 0.25) is 5.02 Å². The van der Waals surface area contributed by atoms with Crippen LogP contribution in [0.25, 0.3) is 17.1 Å². The molecule has 0 aliphatic rings. The van der Waals surface area contributed by atoms with Crippen molar-refractivity contribution in [1.82, 2.24) is 29.5 Å². The molecule has 3 heterocycles. The number of aryl methyl sites for hydroxylation is 1. The van der Waals surface area contributed by atoms with Gasteiger partial charge in [0.1, 0.15) is 24.4 Å². The smallest absolute Gasteiger partial charge is 0.259 e. The summed E-state index contributed by atoms with van der Waals surface area (Å²) in [4.78, 5) is 8.25. The number of rotatable bonds is 8. The normalized spacial score (nSPS) is 11.7. The summed E-state index contributed by atoms with van der Waals surface area (Å²) >= 11 is 5.99. The standard InChI is InChI=1S/C23H20ClF5N6/c1-3-16-17(33-34(10-18(26)27)21(16)13-4-6-14(25)7-5-13)8-15-9-19(31-11-30-15)35-22(23(28)29)20(24)12(2)32-35/h4-7,9,11,18,23H,3,8,10H2,1-2H3. The first kappa shape index (κ1) is 24.8. The molecule has 0 unspecified atom stereocenters. The number of benzene rings is 1. The summed E-state index contributed by atoms with van der Waals surface area (Å²) in [5.41, 5.74) is 2.36. The van der Waals surface area contributed by atoms with Gasteiger partial charge < -0.3 is 0 Å². The maximum Gasteiger partial charge on any atom is 0.282 e. The van der Waals surface area contributed by atoms with E-state index in [-0.39, 0.29) is 23.0 Å². The molecule has 0 amide bonds. The Bertz CT molecular complexity index is 1330. The van der Waals surface area contributed by atoms with Crippen molar-refractivity contribution >= 4 is 11.6 Å². The summed E-state index contributed by atoms with van der Waals surface area (Å²) in [7, 11) is 0. The van der Waals surface area contributed by atoms with Crippen molar-refractivity contribution in [3.05, 3.63) is 75.8 Å². The Labute approximate surface area is 202 Å². The highest BCUT2D eigenvalue weighted by atomic mass is 35.5. The molecule has 6 nitrogen and oxygen atoms in total. The number of nitrogens with zero attached hydrogens (tertiary/aromatic N) is 6. The van der Waals surface area contributed by atoms with Crippen LogP contribution in [0.3, 0.4) is 0 Å². The summed E-state index contributed by atoms with van der Waals surface area (Å²) in [6, 6.07) is 6.99. The molecule has 4 rings (SSSR count). The highest BCUT2D eigenvalue weighted by Gasteiger charge is 2.25. The maximum atomic E-state index is 13.6. The molecule has 0 fully saturated rings. The molecule has 0 saturated heterocycles. The number of alkyl halides is 4. The van der Waals surface area contributed by atoms with Gasteiger partial charge in [-0.05, 0) is 37.6 Å². The lowest BCUT2D eigenvalue weighted by atomic mass is 10.0. The zero-order chi connectivity index (χ0) is 25.3. The molecule has 0 aliphatic heterocycles. The highest BCUT2D eigenvalue weighted by Crippen LogP contribution is 2.32. The Kier molecular flexibility index (Phi) is 7.15. The van der Waals surface area contributed by atoms with Crippen LogP contribution in [0, 0.1) is 12.7 Å². The average molecular weight is 511 g/mol. The van der Waals surface area contributed by atoms with Gasteiger partial charge in [0.05, 0.1) is 27.8 Å². The molecular weight excluding hydrogens is 491 g/mol. The van der Waals surface area contributed by atoms with E-state index in [4.69, 9.17) is 11.6 Å². The second kappa shape index (κ2) is 10.1.